The van der Waals surface area contributed by atoms with E-state index in [0.29, 0.717) is 11.4 Å². The van der Waals surface area contributed by atoms with E-state index in [9.17, 15) is 4.79 Å². The number of hydrazine groups is 1. The summed E-state index contributed by atoms with van der Waals surface area (Å²) in [7, 11) is 0. The molecule has 5 nitrogen and oxygen atoms in total. The number of anilines is 1. The molecule has 0 fully saturated rings. The normalized spacial score (nSPS) is 12.3. The zero-order valence-corrected chi connectivity index (χ0v) is 11.4. The molecule has 1 heterocycles. The lowest BCUT2D eigenvalue weighted by Crippen LogP contribution is -2.32. The van der Waals surface area contributed by atoms with Gasteiger partial charge in [-0.3, -0.25) is 4.79 Å². The van der Waals surface area contributed by atoms with Crippen LogP contribution >= 0.6 is 0 Å². The number of carbonyl (C=O) groups is 1. The van der Waals surface area contributed by atoms with Gasteiger partial charge in [-0.1, -0.05) is 20.8 Å². The van der Waals surface area contributed by atoms with Gasteiger partial charge < -0.3 is 10.7 Å². The third-order valence-electron chi connectivity index (χ3n) is 2.84. The van der Waals surface area contributed by atoms with Crippen LogP contribution in [0.1, 0.15) is 56.1 Å². The van der Waals surface area contributed by atoms with Crippen LogP contribution in [0.3, 0.4) is 0 Å². The lowest BCUT2D eigenvalue weighted by molar-refractivity contribution is 0.0939. The standard InChI is InChI=1S/C13H22N4O/c1-5-9(4)15-13(18)10-6-11(8(2)3)16-12(7-10)17-14/h6-9H,5,14H2,1-4H3,(H,15,18)(H,16,17). The number of nitrogens with two attached hydrogens (primary N) is 1. The molecular weight excluding hydrogens is 228 g/mol. The van der Waals surface area contributed by atoms with Gasteiger partial charge in [0.15, 0.2) is 0 Å². The quantitative estimate of drug-likeness (QED) is 0.551. The van der Waals surface area contributed by atoms with Crippen molar-refractivity contribution in [2.75, 3.05) is 5.43 Å². The molecule has 4 N–H and O–H groups in total. The predicted octanol–water partition coefficient (Wildman–Crippen LogP) is 2.02. The molecule has 100 valence electrons. The second-order valence-electron chi connectivity index (χ2n) is 4.75. The molecule has 0 saturated carbocycles. The Labute approximate surface area is 108 Å². The molecule has 1 amide bonds. The van der Waals surface area contributed by atoms with Crippen molar-refractivity contribution >= 4 is 11.7 Å². The van der Waals surface area contributed by atoms with Crippen molar-refractivity contribution < 1.29 is 4.79 Å². The van der Waals surface area contributed by atoms with Gasteiger partial charge in [0, 0.05) is 17.3 Å². The highest BCUT2D eigenvalue weighted by Crippen LogP contribution is 2.17. The van der Waals surface area contributed by atoms with Gasteiger partial charge in [-0.25, -0.2) is 10.8 Å². The minimum Gasteiger partial charge on any atom is -0.350 e. The summed E-state index contributed by atoms with van der Waals surface area (Å²) in [4.78, 5) is 16.4. The van der Waals surface area contributed by atoms with E-state index in [4.69, 9.17) is 5.84 Å². The van der Waals surface area contributed by atoms with Crippen LogP contribution in [0.2, 0.25) is 0 Å². The van der Waals surface area contributed by atoms with E-state index in [2.05, 4.69) is 15.7 Å². The number of rotatable bonds is 5. The first-order valence-electron chi connectivity index (χ1n) is 6.27. The second-order valence-corrected chi connectivity index (χ2v) is 4.75. The average Bonchev–Trinajstić information content (AvgIpc) is 2.37. The van der Waals surface area contributed by atoms with Gasteiger partial charge >= 0.3 is 0 Å². The summed E-state index contributed by atoms with van der Waals surface area (Å²) in [5.41, 5.74) is 3.93. The second kappa shape index (κ2) is 6.35. The maximum absolute atomic E-state index is 12.0. The molecule has 0 aliphatic rings. The smallest absolute Gasteiger partial charge is 0.251 e. The Morgan fingerprint density at radius 3 is 2.56 bits per heavy atom. The molecule has 18 heavy (non-hydrogen) atoms. The molecule has 5 heteroatoms. The van der Waals surface area contributed by atoms with Crippen molar-refractivity contribution in [3.05, 3.63) is 23.4 Å². The Morgan fingerprint density at radius 1 is 1.39 bits per heavy atom. The van der Waals surface area contributed by atoms with Crippen LogP contribution in [-0.4, -0.2) is 16.9 Å². The molecular formula is C13H22N4O. The van der Waals surface area contributed by atoms with Crippen molar-refractivity contribution in [3.8, 4) is 0 Å². The van der Waals surface area contributed by atoms with Gasteiger partial charge in [0.05, 0.1) is 0 Å². The molecule has 1 rings (SSSR count). The van der Waals surface area contributed by atoms with Crippen LogP contribution in [0.5, 0.6) is 0 Å². The van der Waals surface area contributed by atoms with Crippen LogP contribution < -0.4 is 16.6 Å². The van der Waals surface area contributed by atoms with Gasteiger partial charge in [-0.15, -0.1) is 0 Å². The fourth-order valence-corrected chi connectivity index (χ4v) is 1.46. The van der Waals surface area contributed by atoms with E-state index >= 15 is 0 Å². The van der Waals surface area contributed by atoms with Crippen molar-refractivity contribution in [3.63, 3.8) is 0 Å². The number of nitrogen functional groups attached to an aromatic ring is 1. The summed E-state index contributed by atoms with van der Waals surface area (Å²) < 4.78 is 0. The summed E-state index contributed by atoms with van der Waals surface area (Å²) in [6.45, 7) is 8.06. The number of amides is 1. The SMILES string of the molecule is CCC(C)NC(=O)c1cc(NN)nc(C(C)C)c1. The van der Waals surface area contributed by atoms with E-state index < -0.39 is 0 Å². The Bertz CT molecular complexity index is 417. The summed E-state index contributed by atoms with van der Waals surface area (Å²) >= 11 is 0. The Morgan fingerprint density at radius 2 is 2.06 bits per heavy atom. The highest BCUT2D eigenvalue weighted by molar-refractivity contribution is 5.95. The topological polar surface area (TPSA) is 80.0 Å². The van der Waals surface area contributed by atoms with Crippen molar-refractivity contribution in [1.82, 2.24) is 10.3 Å². The minimum atomic E-state index is -0.0925. The summed E-state index contributed by atoms with van der Waals surface area (Å²) in [5.74, 6) is 6.03. The van der Waals surface area contributed by atoms with E-state index in [1.54, 1.807) is 6.07 Å². The molecule has 0 bridgehead atoms. The molecule has 1 atom stereocenters. The minimum absolute atomic E-state index is 0.0925. The fraction of sp³-hybridized carbons (Fsp3) is 0.538. The van der Waals surface area contributed by atoms with Gasteiger partial charge in [0.2, 0.25) is 0 Å². The van der Waals surface area contributed by atoms with E-state index in [1.807, 2.05) is 33.8 Å². The average molecular weight is 250 g/mol. The first-order valence-corrected chi connectivity index (χ1v) is 6.27. The first-order chi connectivity index (χ1) is 8.47. The molecule has 0 radical (unpaired) electrons. The largest absolute Gasteiger partial charge is 0.350 e. The van der Waals surface area contributed by atoms with Crippen LogP contribution in [0.15, 0.2) is 12.1 Å². The fourth-order valence-electron chi connectivity index (χ4n) is 1.46. The maximum atomic E-state index is 12.0. The third-order valence-corrected chi connectivity index (χ3v) is 2.84. The monoisotopic (exact) mass is 250 g/mol. The summed E-state index contributed by atoms with van der Waals surface area (Å²) in [5, 5.41) is 2.93. The highest BCUT2D eigenvalue weighted by atomic mass is 16.1. The lowest BCUT2D eigenvalue weighted by Gasteiger charge is -2.14. The van der Waals surface area contributed by atoms with Gasteiger partial charge in [0.25, 0.3) is 5.91 Å². The molecule has 0 spiro atoms. The first kappa shape index (κ1) is 14.4. The Balaban J connectivity index is 3.00. The summed E-state index contributed by atoms with van der Waals surface area (Å²) in [6.07, 6.45) is 0.899. The molecule has 1 aromatic rings. The predicted molar refractivity (Wildman–Crippen MR) is 73.4 cm³/mol. The third kappa shape index (κ3) is 3.70. The van der Waals surface area contributed by atoms with Crippen LogP contribution in [0.4, 0.5) is 5.82 Å². The van der Waals surface area contributed by atoms with Crippen molar-refractivity contribution in [2.24, 2.45) is 5.84 Å². The number of hydrogen-bond donors (Lipinski definition) is 3. The molecule has 0 saturated heterocycles. The molecule has 0 aliphatic carbocycles. The molecule has 0 aliphatic heterocycles. The number of pyridine rings is 1. The van der Waals surface area contributed by atoms with Crippen molar-refractivity contribution in [2.45, 2.75) is 46.1 Å². The number of aromatic nitrogens is 1. The van der Waals surface area contributed by atoms with Crippen LogP contribution in [0, 0.1) is 0 Å². The van der Waals surface area contributed by atoms with Gasteiger partial charge in [-0.2, -0.15) is 0 Å². The Kier molecular flexibility index (Phi) is 5.09. The van der Waals surface area contributed by atoms with E-state index in [1.165, 1.54) is 0 Å². The lowest BCUT2D eigenvalue weighted by atomic mass is 10.1. The zero-order valence-electron chi connectivity index (χ0n) is 11.4. The van der Waals surface area contributed by atoms with Crippen LogP contribution in [0.25, 0.3) is 0 Å². The molecule has 1 aromatic heterocycles. The molecule has 0 aromatic carbocycles. The maximum Gasteiger partial charge on any atom is 0.251 e. The number of nitrogens with one attached hydrogen (secondary N) is 2. The Hall–Kier alpha value is -1.62. The van der Waals surface area contributed by atoms with Gasteiger partial charge in [-0.05, 0) is 31.4 Å². The van der Waals surface area contributed by atoms with Gasteiger partial charge in [0.1, 0.15) is 5.82 Å². The zero-order chi connectivity index (χ0) is 13.7. The van der Waals surface area contributed by atoms with Crippen LogP contribution in [-0.2, 0) is 0 Å². The summed E-state index contributed by atoms with van der Waals surface area (Å²) in [6, 6.07) is 3.62. The highest BCUT2D eigenvalue weighted by Gasteiger charge is 2.13. The van der Waals surface area contributed by atoms with Crippen molar-refractivity contribution in [1.29, 1.82) is 0 Å². The number of carbonyl (C=O) groups excluding carboxylic acids is 1. The van der Waals surface area contributed by atoms with E-state index in [-0.39, 0.29) is 17.9 Å². The van der Waals surface area contributed by atoms with E-state index in [0.717, 1.165) is 12.1 Å². The number of hydrogen-bond acceptors (Lipinski definition) is 4. The number of nitrogens with zero attached hydrogens (tertiary/aromatic N) is 1. The molecule has 1 unspecified atom stereocenters.